The van der Waals surface area contributed by atoms with E-state index in [9.17, 15) is 13.2 Å². The van der Waals surface area contributed by atoms with Crippen LogP contribution in [0.1, 0.15) is 24.5 Å². The number of halogens is 2. The van der Waals surface area contributed by atoms with Gasteiger partial charge in [-0.15, -0.1) is 0 Å². The second-order valence-electron chi connectivity index (χ2n) is 6.32. The molecular formula is C19H22Cl2N2O3S. The number of hydrogen-bond acceptors (Lipinski definition) is 3. The van der Waals surface area contributed by atoms with Crippen LogP contribution in [0.2, 0.25) is 10.0 Å². The van der Waals surface area contributed by atoms with Crippen molar-refractivity contribution < 1.29 is 13.2 Å². The van der Waals surface area contributed by atoms with Gasteiger partial charge in [-0.25, -0.2) is 8.42 Å². The van der Waals surface area contributed by atoms with Crippen molar-refractivity contribution in [2.24, 2.45) is 0 Å². The van der Waals surface area contributed by atoms with E-state index in [-0.39, 0.29) is 6.42 Å². The number of hydrogen-bond donors (Lipinski definition) is 1. The maximum Gasteiger partial charge on any atom is 0.248 e. The summed E-state index contributed by atoms with van der Waals surface area (Å²) in [7, 11) is -3.73. The van der Waals surface area contributed by atoms with Gasteiger partial charge in [0.05, 0.1) is 11.9 Å². The van der Waals surface area contributed by atoms with Gasteiger partial charge in [0.2, 0.25) is 15.9 Å². The molecule has 0 aromatic heterocycles. The molecule has 0 bridgehead atoms. The first-order valence-corrected chi connectivity index (χ1v) is 11.0. The summed E-state index contributed by atoms with van der Waals surface area (Å²) in [5.41, 5.74) is 2.42. The summed E-state index contributed by atoms with van der Waals surface area (Å²) in [5.74, 6) is -0.440. The molecule has 2 rings (SSSR count). The van der Waals surface area contributed by atoms with Gasteiger partial charge in [-0.2, -0.15) is 0 Å². The van der Waals surface area contributed by atoms with E-state index < -0.39 is 22.0 Å². The standard InChI is InChI=1S/C19H22Cl2N2O3S/c1-5-18(19(24)22-17-8-6-7-15(20)13(17)3)23(27(4,25)26)14-10-9-12(2)16(21)11-14/h6-11,18H,5H2,1-4H3,(H,22,24). The molecule has 0 fully saturated rings. The van der Waals surface area contributed by atoms with Crippen molar-refractivity contribution in [3.05, 3.63) is 57.6 Å². The third-order valence-electron chi connectivity index (χ3n) is 4.27. The molecule has 27 heavy (non-hydrogen) atoms. The van der Waals surface area contributed by atoms with Crippen molar-refractivity contribution in [2.75, 3.05) is 15.9 Å². The average Bonchev–Trinajstić information content (AvgIpc) is 2.58. The Morgan fingerprint density at radius 1 is 1.15 bits per heavy atom. The minimum atomic E-state index is -3.73. The fraction of sp³-hybridized carbons (Fsp3) is 0.316. The van der Waals surface area contributed by atoms with Gasteiger partial charge >= 0.3 is 0 Å². The Kier molecular flexibility index (Phi) is 6.78. The molecule has 0 aliphatic heterocycles. The molecule has 0 aliphatic rings. The smallest absolute Gasteiger partial charge is 0.248 e. The minimum absolute atomic E-state index is 0.282. The molecule has 5 nitrogen and oxygen atoms in total. The van der Waals surface area contributed by atoms with E-state index in [1.165, 1.54) is 0 Å². The molecule has 0 radical (unpaired) electrons. The molecule has 146 valence electrons. The SMILES string of the molecule is CCC(C(=O)Nc1cccc(Cl)c1C)N(c1ccc(C)c(Cl)c1)S(C)(=O)=O. The minimum Gasteiger partial charge on any atom is -0.324 e. The van der Waals surface area contributed by atoms with Gasteiger partial charge in [-0.1, -0.05) is 42.3 Å². The van der Waals surface area contributed by atoms with Gasteiger partial charge in [0, 0.05) is 15.7 Å². The van der Waals surface area contributed by atoms with E-state index in [1.54, 1.807) is 50.2 Å². The van der Waals surface area contributed by atoms with Gasteiger partial charge < -0.3 is 5.32 Å². The number of benzene rings is 2. The fourth-order valence-electron chi connectivity index (χ4n) is 2.74. The Balaban J connectivity index is 2.44. The molecule has 2 aromatic rings. The predicted molar refractivity (Wildman–Crippen MR) is 112 cm³/mol. The number of carbonyl (C=O) groups is 1. The zero-order chi connectivity index (χ0) is 20.4. The molecular weight excluding hydrogens is 407 g/mol. The number of carbonyl (C=O) groups excluding carboxylic acids is 1. The lowest BCUT2D eigenvalue weighted by molar-refractivity contribution is -0.117. The first-order valence-electron chi connectivity index (χ1n) is 8.37. The molecule has 0 saturated heterocycles. The second-order valence-corrected chi connectivity index (χ2v) is 8.99. The monoisotopic (exact) mass is 428 g/mol. The number of aryl methyl sites for hydroxylation is 1. The number of rotatable bonds is 6. The van der Waals surface area contributed by atoms with E-state index in [4.69, 9.17) is 23.2 Å². The van der Waals surface area contributed by atoms with Crippen molar-refractivity contribution >= 4 is 50.5 Å². The van der Waals surface area contributed by atoms with E-state index in [2.05, 4.69) is 5.32 Å². The van der Waals surface area contributed by atoms with Crippen LogP contribution in [0.4, 0.5) is 11.4 Å². The Labute approximate surface area is 170 Å². The molecule has 1 N–H and O–H groups in total. The van der Waals surface area contributed by atoms with Crippen LogP contribution in [0.15, 0.2) is 36.4 Å². The molecule has 1 amide bonds. The van der Waals surface area contributed by atoms with Crippen LogP contribution in [-0.4, -0.2) is 26.6 Å². The van der Waals surface area contributed by atoms with Crippen LogP contribution < -0.4 is 9.62 Å². The fourth-order valence-corrected chi connectivity index (χ4v) is 4.29. The van der Waals surface area contributed by atoms with Crippen LogP contribution in [0.25, 0.3) is 0 Å². The third kappa shape index (κ3) is 4.94. The van der Waals surface area contributed by atoms with Crippen LogP contribution in [-0.2, 0) is 14.8 Å². The van der Waals surface area contributed by atoms with E-state index in [0.29, 0.717) is 27.0 Å². The van der Waals surface area contributed by atoms with E-state index in [0.717, 1.165) is 16.1 Å². The zero-order valence-electron chi connectivity index (χ0n) is 15.6. The maximum absolute atomic E-state index is 12.9. The largest absolute Gasteiger partial charge is 0.324 e. The highest BCUT2D eigenvalue weighted by molar-refractivity contribution is 7.92. The number of sulfonamides is 1. The number of anilines is 2. The summed E-state index contributed by atoms with van der Waals surface area (Å²) >= 11 is 12.3. The van der Waals surface area contributed by atoms with Crippen LogP contribution >= 0.6 is 23.2 Å². The van der Waals surface area contributed by atoms with Crippen molar-refractivity contribution in [1.82, 2.24) is 0 Å². The summed E-state index contributed by atoms with van der Waals surface area (Å²) in [5, 5.41) is 3.74. The van der Waals surface area contributed by atoms with Gasteiger partial charge in [0.25, 0.3) is 0 Å². The second kappa shape index (κ2) is 8.50. The molecule has 2 aromatic carbocycles. The lowest BCUT2D eigenvalue weighted by Crippen LogP contribution is -2.47. The lowest BCUT2D eigenvalue weighted by atomic mass is 10.1. The highest BCUT2D eigenvalue weighted by Gasteiger charge is 2.32. The summed E-state index contributed by atoms with van der Waals surface area (Å²) in [6.45, 7) is 5.36. The van der Waals surface area contributed by atoms with Crippen LogP contribution in [0.5, 0.6) is 0 Å². The maximum atomic E-state index is 12.9. The predicted octanol–water partition coefficient (Wildman–Crippen LogP) is 4.79. The van der Waals surface area contributed by atoms with Crippen molar-refractivity contribution in [3.8, 4) is 0 Å². The topological polar surface area (TPSA) is 66.5 Å². The molecule has 0 aliphatic carbocycles. The van der Waals surface area contributed by atoms with Gasteiger partial charge in [0.15, 0.2) is 0 Å². The first-order chi connectivity index (χ1) is 12.6. The highest BCUT2D eigenvalue weighted by Crippen LogP contribution is 2.29. The molecule has 0 heterocycles. The van der Waals surface area contributed by atoms with Crippen molar-refractivity contribution in [1.29, 1.82) is 0 Å². The van der Waals surface area contributed by atoms with Gasteiger partial charge in [-0.3, -0.25) is 9.10 Å². The average molecular weight is 429 g/mol. The summed E-state index contributed by atoms with van der Waals surface area (Å²) in [6, 6.07) is 9.15. The molecule has 8 heteroatoms. The van der Waals surface area contributed by atoms with Gasteiger partial charge in [-0.05, 0) is 55.7 Å². The van der Waals surface area contributed by atoms with Crippen molar-refractivity contribution in [3.63, 3.8) is 0 Å². The number of amides is 1. The normalized spacial score (nSPS) is 12.5. The molecule has 0 spiro atoms. The first kappa shape index (κ1) is 21.5. The molecule has 1 atom stereocenters. The Morgan fingerprint density at radius 3 is 2.37 bits per heavy atom. The lowest BCUT2D eigenvalue weighted by Gasteiger charge is -2.30. The third-order valence-corrected chi connectivity index (χ3v) is 6.26. The summed E-state index contributed by atoms with van der Waals surface area (Å²) in [4.78, 5) is 12.9. The highest BCUT2D eigenvalue weighted by atomic mass is 35.5. The van der Waals surface area contributed by atoms with E-state index in [1.807, 2.05) is 6.92 Å². The summed E-state index contributed by atoms with van der Waals surface area (Å²) in [6.07, 6.45) is 1.35. The zero-order valence-corrected chi connectivity index (χ0v) is 17.9. The number of nitrogens with one attached hydrogen (secondary N) is 1. The molecule has 1 unspecified atom stereocenters. The quantitative estimate of drug-likeness (QED) is 0.718. The van der Waals surface area contributed by atoms with E-state index >= 15 is 0 Å². The summed E-state index contributed by atoms with van der Waals surface area (Å²) < 4.78 is 26.1. The van der Waals surface area contributed by atoms with Crippen molar-refractivity contribution in [2.45, 2.75) is 33.2 Å². The number of nitrogens with zero attached hydrogens (tertiary/aromatic N) is 1. The van der Waals surface area contributed by atoms with Gasteiger partial charge in [0.1, 0.15) is 6.04 Å². The Morgan fingerprint density at radius 2 is 1.81 bits per heavy atom. The Hall–Kier alpha value is -1.76. The van der Waals surface area contributed by atoms with Crippen LogP contribution in [0, 0.1) is 13.8 Å². The molecule has 0 saturated carbocycles. The Bertz CT molecular complexity index is 961. The van der Waals surface area contributed by atoms with Crippen LogP contribution in [0.3, 0.4) is 0 Å².